The minimum atomic E-state index is -0.159. The van der Waals surface area contributed by atoms with Crippen molar-refractivity contribution in [1.82, 2.24) is 4.90 Å². The number of ether oxygens (including phenoxy) is 1. The van der Waals surface area contributed by atoms with Crippen molar-refractivity contribution in [2.75, 3.05) is 13.1 Å². The van der Waals surface area contributed by atoms with Gasteiger partial charge in [0.25, 0.3) is 0 Å². The fourth-order valence-electron chi connectivity index (χ4n) is 4.56. The number of hydrogen-bond acceptors (Lipinski definition) is 4. The molecule has 6 atom stereocenters. The molecule has 0 radical (unpaired) electrons. The minimum Gasteiger partial charge on any atom is -0.462 e. The van der Waals surface area contributed by atoms with Gasteiger partial charge in [0.2, 0.25) is 5.91 Å². The van der Waals surface area contributed by atoms with Crippen LogP contribution < -0.4 is 0 Å². The summed E-state index contributed by atoms with van der Waals surface area (Å²) in [5.74, 6) is 0.236. The maximum Gasteiger partial charge on any atom is 0.309 e. The molecule has 2 aliphatic heterocycles. The van der Waals surface area contributed by atoms with E-state index in [0.717, 1.165) is 25.7 Å². The van der Waals surface area contributed by atoms with E-state index in [-0.39, 0.29) is 41.7 Å². The van der Waals surface area contributed by atoms with E-state index < -0.39 is 0 Å². The largest absolute Gasteiger partial charge is 0.462 e. The number of hydrogen-bond donors (Lipinski definition) is 0. The van der Waals surface area contributed by atoms with Crippen molar-refractivity contribution in [3.63, 3.8) is 0 Å². The van der Waals surface area contributed by atoms with Gasteiger partial charge in [0.1, 0.15) is 12.4 Å². The molecule has 3 fully saturated rings. The van der Waals surface area contributed by atoms with Crippen molar-refractivity contribution in [1.29, 1.82) is 0 Å². The molecular formula is C15H21NO4. The predicted molar refractivity (Wildman–Crippen MR) is 70.6 cm³/mol. The van der Waals surface area contributed by atoms with Crippen LogP contribution in [0.5, 0.6) is 0 Å². The van der Waals surface area contributed by atoms with Gasteiger partial charge in [0.05, 0.1) is 5.92 Å². The molecule has 2 saturated heterocycles. The number of rotatable bonds is 1. The molecule has 2 heterocycles. The molecule has 5 heteroatoms. The van der Waals surface area contributed by atoms with E-state index in [9.17, 15) is 14.4 Å². The second-order valence-corrected chi connectivity index (χ2v) is 6.45. The standard InChI is InChI=1S/C15H21NO4/c1-8-14-12(15(19)20-8)5-10-6-16(9(2)18)4-3-11(10)13(14)7-17/h7-8,10-14H,3-6H2,1-2H3/t8-,10-,11-,12-,13+,14-/m1/s1. The zero-order chi connectivity index (χ0) is 14.4. The van der Waals surface area contributed by atoms with E-state index in [0.29, 0.717) is 12.5 Å². The highest BCUT2D eigenvalue weighted by molar-refractivity contribution is 5.77. The summed E-state index contributed by atoms with van der Waals surface area (Å²) in [5.41, 5.74) is 0. The molecule has 0 aromatic heterocycles. The zero-order valence-corrected chi connectivity index (χ0v) is 12.0. The Bertz CT molecular complexity index is 449. The highest BCUT2D eigenvalue weighted by atomic mass is 16.6. The number of nitrogens with zero attached hydrogens (tertiary/aromatic N) is 1. The summed E-state index contributed by atoms with van der Waals surface area (Å²) in [6.07, 6.45) is 2.48. The zero-order valence-electron chi connectivity index (χ0n) is 12.0. The van der Waals surface area contributed by atoms with Crippen molar-refractivity contribution in [2.24, 2.45) is 29.6 Å². The fourth-order valence-corrected chi connectivity index (χ4v) is 4.56. The molecule has 0 aromatic rings. The van der Waals surface area contributed by atoms with Gasteiger partial charge >= 0.3 is 5.97 Å². The Balaban J connectivity index is 1.85. The molecule has 1 aliphatic carbocycles. The van der Waals surface area contributed by atoms with Crippen LogP contribution in [0, 0.1) is 29.6 Å². The third-order valence-electron chi connectivity index (χ3n) is 5.50. The summed E-state index contributed by atoms with van der Waals surface area (Å²) in [7, 11) is 0. The van der Waals surface area contributed by atoms with Crippen molar-refractivity contribution in [3.8, 4) is 0 Å². The molecule has 0 spiro atoms. The van der Waals surface area contributed by atoms with Gasteiger partial charge in [-0.2, -0.15) is 0 Å². The molecular weight excluding hydrogens is 258 g/mol. The van der Waals surface area contributed by atoms with Gasteiger partial charge in [-0.15, -0.1) is 0 Å². The molecule has 0 N–H and O–H groups in total. The third-order valence-corrected chi connectivity index (χ3v) is 5.50. The van der Waals surface area contributed by atoms with Gasteiger partial charge in [-0.25, -0.2) is 0 Å². The molecule has 3 rings (SSSR count). The molecule has 0 unspecified atom stereocenters. The smallest absolute Gasteiger partial charge is 0.309 e. The van der Waals surface area contributed by atoms with Crippen LogP contribution in [0.3, 0.4) is 0 Å². The van der Waals surface area contributed by atoms with E-state index in [1.54, 1.807) is 6.92 Å². The number of amides is 1. The van der Waals surface area contributed by atoms with E-state index in [2.05, 4.69) is 0 Å². The lowest BCUT2D eigenvalue weighted by Gasteiger charge is -2.47. The maximum absolute atomic E-state index is 12.0. The Labute approximate surface area is 118 Å². The Kier molecular flexibility index (Phi) is 3.30. The summed E-state index contributed by atoms with van der Waals surface area (Å²) < 4.78 is 5.34. The van der Waals surface area contributed by atoms with E-state index in [1.165, 1.54) is 0 Å². The van der Waals surface area contributed by atoms with Crippen LogP contribution in [0.4, 0.5) is 0 Å². The molecule has 5 nitrogen and oxygen atoms in total. The summed E-state index contributed by atoms with van der Waals surface area (Å²) >= 11 is 0. The highest BCUT2D eigenvalue weighted by Gasteiger charge is 2.55. The number of carbonyl (C=O) groups is 3. The van der Waals surface area contributed by atoms with Gasteiger partial charge in [0.15, 0.2) is 0 Å². The third kappa shape index (κ3) is 1.95. The number of piperidine rings is 1. The van der Waals surface area contributed by atoms with Crippen LogP contribution in [0.2, 0.25) is 0 Å². The lowest BCUT2D eigenvalue weighted by Crippen LogP contribution is -2.51. The van der Waals surface area contributed by atoms with E-state index in [1.807, 2.05) is 11.8 Å². The van der Waals surface area contributed by atoms with Gasteiger partial charge in [-0.3, -0.25) is 9.59 Å². The average molecular weight is 279 g/mol. The number of fused-ring (bicyclic) bond motifs is 2. The molecule has 1 saturated carbocycles. The number of likely N-dealkylation sites (tertiary alicyclic amines) is 1. The number of aldehydes is 1. The molecule has 110 valence electrons. The summed E-state index contributed by atoms with van der Waals surface area (Å²) in [5, 5.41) is 0. The SMILES string of the molecule is CC(=O)N1CC[C@@H]2[C@H](C[C@H]3C(=O)O[C@H](C)[C@H]3[C@H]2C=O)C1. The second kappa shape index (κ2) is 4.86. The van der Waals surface area contributed by atoms with Gasteiger partial charge in [-0.05, 0) is 31.6 Å². The molecule has 0 aromatic carbocycles. The lowest BCUT2D eigenvalue weighted by atomic mass is 9.60. The fraction of sp³-hybridized carbons (Fsp3) is 0.800. The predicted octanol–water partition coefficient (Wildman–Crippen LogP) is 0.867. The number of cyclic esters (lactones) is 1. The van der Waals surface area contributed by atoms with Crippen LogP contribution >= 0.6 is 0 Å². The van der Waals surface area contributed by atoms with Crippen LogP contribution in [0.15, 0.2) is 0 Å². The highest BCUT2D eigenvalue weighted by Crippen LogP contribution is 2.50. The monoisotopic (exact) mass is 279 g/mol. The summed E-state index contributed by atoms with van der Waals surface area (Å²) in [6, 6.07) is 0. The Hall–Kier alpha value is -1.39. The lowest BCUT2D eigenvalue weighted by molar-refractivity contribution is -0.144. The Morgan fingerprint density at radius 3 is 2.85 bits per heavy atom. The normalized spacial score (nSPS) is 43.5. The van der Waals surface area contributed by atoms with Crippen molar-refractivity contribution < 1.29 is 19.1 Å². The van der Waals surface area contributed by atoms with E-state index >= 15 is 0 Å². The van der Waals surface area contributed by atoms with Gasteiger partial charge < -0.3 is 14.4 Å². The van der Waals surface area contributed by atoms with Gasteiger partial charge in [-0.1, -0.05) is 0 Å². The first-order valence-electron chi connectivity index (χ1n) is 7.44. The first-order valence-corrected chi connectivity index (χ1v) is 7.44. The van der Waals surface area contributed by atoms with Crippen LogP contribution in [-0.2, 0) is 19.1 Å². The van der Waals surface area contributed by atoms with Crippen LogP contribution in [0.25, 0.3) is 0 Å². The first kappa shape index (κ1) is 13.6. The van der Waals surface area contributed by atoms with Crippen molar-refractivity contribution >= 4 is 18.2 Å². The molecule has 20 heavy (non-hydrogen) atoms. The number of carbonyl (C=O) groups excluding carboxylic acids is 3. The molecule has 3 aliphatic rings. The number of esters is 1. The quantitative estimate of drug-likeness (QED) is 0.528. The van der Waals surface area contributed by atoms with Gasteiger partial charge in [0, 0.05) is 31.8 Å². The first-order chi connectivity index (χ1) is 9.52. The van der Waals surface area contributed by atoms with Crippen molar-refractivity contribution in [3.05, 3.63) is 0 Å². The Morgan fingerprint density at radius 2 is 2.20 bits per heavy atom. The second-order valence-electron chi connectivity index (χ2n) is 6.45. The molecule has 0 bridgehead atoms. The maximum atomic E-state index is 12.0. The average Bonchev–Trinajstić information content (AvgIpc) is 2.70. The van der Waals surface area contributed by atoms with Crippen LogP contribution in [0.1, 0.15) is 26.7 Å². The summed E-state index contributed by atoms with van der Waals surface area (Å²) in [4.78, 5) is 36.9. The van der Waals surface area contributed by atoms with Crippen molar-refractivity contribution in [2.45, 2.75) is 32.8 Å². The van der Waals surface area contributed by atoms with E-state index in [4.69, 9.17) is 4.74 Å². The Morgan fingerprint density at radius 1 is 1.45 bits per heavy atom. The topological polar surface area (TPSA) is 63.7 Å². The van der Waals surface area contributed by atoms with Crippen LogP contribution in [-0.4, -0.2) is 42.3 Å². The minimum absolute atomic E-state index is 0.0325. The molecule has 1 amide bonds. The summed E-state index contributed by atoms with van der Waals surface area (Å²) in [6.45, 7) is 4.87.